The van der Waals surface area contributed by atoms with Gasteiger partial charge in [0.25, 0.3) is 5.91 Å². The molecule has 0 aliphatic heterocycles. The largest absolute Gasteiger partial charge is 0.456 e. The molecule has 0 aliphatic carbocycles. The van der Waals surface area contributed by atoms with Crippen molar-refractivity contribution in [1.82, 2.24) is 4.90 Å². The molecule has 0 unspecified atom stereocenters. The van der Waals surface area contributed by atoms with E-state index < -0.39 is 16.0 Å². The number of rotatable bonds is 11. The van der Waals surface area contributed by atoms with Crippen LogP contribution in [0.4, 0.5) is 0 Å². The summed E-state index contributed by atoms with van der Waals surface area (Å²) in [4.78, 5) is 26.8. The van der Waals surface area contributed by atoms with Gasteiger partial charge in [-0.05, 0) is 41.7 Å². The molecule has 0 spiro atoms. The number of carbonyl (C=O) groups excluding carboxylic acids is 2. The van der Waals surface area contributed by atoms with E-state index in [2.05, 4.69) is 0 Å². The maximum absolute atomic E-state index is 12.9. The van der Waals surface area contributed by atoms with Crippen LogP contribution in [0, 0.1) is 0 Å². The van der Waals surface area contributed by atoms with Gasteiger partial charge in [-0.25, -0.2) is 13.6 Å². The molecule has 0 bridgehead atoms. The molecule has 34 heavy (non-hydrogen) atoms. The summed E-state index contributed by atoms with van der Waals surface area (Å²) in [5, 5.41) is 5.09. The highest BCUT2D eigenvalue weighted by Gasteiger charge is 2.17. The SMILES string of the molecule is NS(=O)(=O)c1ccc(CCC(=O)OCC(=O)N(CCc2ccccc2)Cc2ccccc2)cc1. The number of nitrogens with two attached hydrogens (primary N) is 1. The predicted octanol–water partition coefficient (Wildman–Crippen LogP) is 3.08. The van der Waals surface area contributed by atoms with Gasteiger partial charge in [-0.1, -0.05) is 72.8 Å². The van der Waals surface area contributed by atoms with E-state index in [0.29, 0.717) is 25.9 Å². The second-order valence-corrected chi connectivity index (χ2v) is 9.45. The number of carbonyl (C=O) groups is 2. The maximum Gasteiger partial charge on any atom is 0.306 e. The lowest BCUT2D eigenvalue weighted by Crippen LogP contribution is -2.35. The summed E-state index contributed by atoms with van der Waals surface area (Å²) in [5.74, 6) is -0.753. The van der Waals surface area contributed by atoms with Crippen LogP contribution in [-0.4, -0.2) is 38.3 Å². The van der Waals surface area contributed by atoms with E-state index >= 15 is 0 Å². The van der Waals surface area contributed by atoms with Gasteiger partial charge in [0.2, 0.25) is 10.0 Å². The van der Waals surface area contributed by atoms with Crippen LogP contribution in [0.5, 0.6) is 0 Å². The van der Waals surface area contributed by atoms with Crippen molar-refractivity contribution in [3.05, 3.63) is 102 Å². The fourth-order valence-corrected chi connectivity index (χ4v) is 3.92. The number of benzene rings is 3. The van der Waals surface area contributed by atoms with E-state index in [4.69, 9.17) is 9.88 Å². The third-order valence-electron chi connectivity index (χ3n) is 5.31. The number of sulfonamides is 1. The molecule has 0 heterocycles. The molecule has 178 valence electrons. The molecule has 1 amide bonds. The first kappa shape index (κ1) is 25.1. The van der Waals surface area contributed by atoms with Crippen molar-refractivity contribution in [1.29, 1.82) is 0 Å². The van der Waals surface area contributed by atoms with E-state index in [1.54, 1.807) is 17.0 Å². The molecule has 0 aliphatic rings. The summed E-state index contributed by atoms with van der Waals surface area (Å²) in [6.07, 6.45) is 1.13. The van der Waals surface area contributed by atoms with Crippen molar-refractivity contribution in [2.75, 3.05) is 13.2 Å². The Bertz CT molecular complexity index is 1180. The summed E-state index contributed by atoms with van der Waals surface area (Å²) < 4.78 is 27.9. The highest BCUT2D eigenvalue weighted by atomic mass is 32.2. The number of amides is 1. The van der Waals surface area contributed by atoms with Gasteiger partial charge >= 0.3 is 5.97 Å². The van der Waals surface area contributed by atoms with E-state index in [1.165, 1.54) is 12.1 Å². The van der Waals surface area contributed by atoms with Gasteiger partial charge in [-0.15, -0.1) is 0 Å². The minimum absolute atomic E-state index is 0.0124. The van der Waals surface area contributed by atoms with Crippen molar-refractivity contribution >= 4 is 21.9 Å². The normalized spacial score (nSPS) is 11.1. The Hall–Kier alpha value is -3.49. The maximum atomic E-state index is 12.9. The summed E-state index contributed by atoms with van der Waals surface area (Å²) in [6, 6.07) is 25.6. The van der Waals surface area contributed by atoms with Crippen LogP contribution >= 0.6 is 0 Å². The van der Waals surface area contributed by atoms with Crippen LogP contribution in [0.2, 0.25) is 0 Å². The van der Waals surface area contributed by atoms with E-state index in [-0.39, 0.29) is 23.8 Å². The predicted molar refractivity (Wildman–Crippen MR) is 129 cm³/mol. The standard InChI is InChI=1S/C26H28N2O5S/c27-34(31,32)24-14-11-22(12-15-24)13-16-26(30)33-20-25(29)28(19-23-9-5-2-6-10-23)18-17-21-7-3-1-4-8-21/h1-12,14-15H,13,16-20H2,(H2,27,31,32). The molecule has 0 saturated carbocycles. The van der Waals surface area contributed by atoms with E-state index in [9.17, 15) is 18.0 Å². The Morgan fingerprint density at radius 1 is 0.765 bits per heavy atom. The van der Waals surface area contributed by atoms with Gasteiger partial charge in [0, 0.05) is 19.5 Å². The number of primary sulfonamides is 1. The Kier molecular flexibility index (Phi) is 8.95. The Morgan fingerprint density at radius 2 is 1.32 bits per heavy atom. The zero-order valence-electron chi connectivity index (χ0n) is 18.8. The van der Waals surface area contributed by atoms with E-state index in [1.807, 2.05) is 60.7 Å². The van der Waals surface area contributed by atoms with Crippen molar-refractivity contribution in [3.63, 3.8) is 0 Å². The van der Waals surface area contributed by atoms with Crippen molar-refractivity contribution in [2.45, 2.75) is 30.7 Å². The Morgan fingerprint density at radius 3 is 1.91 bits per heavy atom. The molecule has 3 rings (SSSR count). The first-order chi connectivity index (χ1) is 16.3. The minimum Gasteiger partial charge on any atom is -0.456 e. The summed E-state index contributed by atoms with van der Waals surface area (Å²) >= 11 is 0. The van der Waals surface area contributed by atoms with Gasteiger partial charge in [0.05, 0.1) is 4.90 Å². The van der Waals surface area contributed by atoms with Gasteiger partial charge in [0.15, 0.2) is 6.61 Å². The molecule has 3 aromatic carbocycles. The van der Waals surface area contributed by atoms with Crippen molar-refractivity contribution in [3.8, 4) is 0 Å². The van der Waals surface area contributed by atoms with E-state index in [0.717, 1.165) is 16.7 Å². The molecule has 2 N–H and O–H groups in total. The average Bonchev–Trinajstić information content (AvgIpc) is 2.84. The molecule has 0 saturated heterocycles. The van der Waals surface area contributed by atoms with Crippen LogP contribution < -0.4 is 5.14 Å². The molecule has 7 nitrogen and oxygen atoms in total. The number of hydrogen-bond acceptors (Lipinski definition) is 5. The van der Waals surface area contributed by atoms with Crippen LogP contribution in [0.1, 0.15) is 23.1 Å². The number of esters is 1. The van der Waals surface area contributed by atoms with Gasteiger partial charge < -0.3 is 9.64 Å². The number of ether oxygens (including phenoxy) is 1. The number of aryl methyl sites for hydroxylation is 1. The van der Waals surface area contributed by atoms with Crippen LogP contribution in [0.3, 0.4) is 0 Å². The van der Waals surface area contributed by atoms with Crippen LogP contribution in [0.25, 0.3) is 0 Å². The van der Waals surface area contributed by atoms with Gasteiger partial charge in [-0.2, -0.15) is 0 Å². The molecule has 3 aromatic rings. The van der Waals surface area contributed by atoms with Gasteiger partial charge in [0.1, 0.15) is 0 Å². The highest BCUT2D eigenvalue weighted by molar-refractivity contribution is 7.89. The molecule has 0 fully saturated rings. The lowest BCUT2D eigenvalue weighted by molar-refractivity contribution is -0.152. The molecule has 0 aromatic heterocycles. The number of hydrogen-bond donors (Lipinski definition) is 1. The molecular formula is C26H28N2O5S. The second kappa shape index (κ2) is 12.1. The lowest BCUT2D eigenvalue weighted by Gasteiger charge is -2.23. The Labute approximate surface area is 200 Å². The van der Waals surface area contributed by atoms with Crippen molar-refractivity contribution < 1.29 is 22.7 Å². The second-order valence-electron chi connectivity index (χ2n) is 7.89. The first-order valence-electron chi connectivity index (χ1n) is 10.9. The fraction of sp³-hybridized carbons (Fsp3) is 0.231. The highest BCUT2D eigenvalue weighted by Crippen LogP contribution is 2.11. The fourth-order valence-electron chi connectivity index (χ4n) is 3.40. The smallest absolute Gasteiger partial charge is 0.306 e. The number of nitrogens with zero attached hydrogens (tertiary/aromatic N) is 1. The molecule has 8 heteroatoms. The molecular weight excluding hydrogens is 452 g/mol. The molecule has 0 atom stereocenters. The molecule has 0 radical (unpaired) electrons. The topological polar surface area (TPSA) is 107 Å². The summed E-state index contributed by atoms with van der Waals surface area (Å²) in [7, 11) is -3.76. The summed E-state index contributed by atoms with van der Waals surface area (Å²) in [6.45, 7) is 0.608. The van der Waals surface area contributed by atoms with Crippen molar-refractivity contribution in [2.24, 2.45) is 5.14 Å². The average molecular weight is 481 g/mol. The van der Waals surface area contributed by atoms with Gasteiger partial charge in [-0.3, -0.25) is 9.59 Å². The first-order valence-corrected chi connectivity index (χ1v) is 12.5. The van der Waals surface area contributed by atoms with Crippen LogP contribution in [0.15, 0.2) is 89.8 Å². The summed E-state index contributed by atoms with van der Waals surface area (Å²) in [5.41, 5.74) is 2.89. The monoisotopic (exact) mass is 480 g/mol. The third-order valence-corrected chi connectivity index (χ3v) is 6.24. The zero-order valence-corrected chi connectivity index (χ0v) is 19.6. The van der Waals surface area contributed by atoms with Crippen LogP contribution in [-0.2, 0) is 43.7 Å². The third kappa shape index (κ3) is 8.13. The zero-order chi connectivity index (χ0) is 24.4. The minimum atomic E-state index is -3.76. The Balaban J connectivity index is 1.52. The lowest BCUT2D eigenvalue weighted by atomic mass is 10.1. The quantitative estimate of drug-likeness (QED) is 0.425.